The van der Waals surface area contributed by atoms with E-state index in [2.05, 4.69) is 11.3 Å². The lowest BCUT2D eigenvalue weighted by molar-refractivity contribution is -0.384. The standard InChI is InChI=1S/C18H17N3O5S/c1-2-9-19-27(25,26)16-5-3-4-14(11-16)18(22)20-10-8-13-6-7-15(21(23)24)12-17(13)20/h2-7,11-12,19H,1,8-10H2. The quantitative estimate of drug-likeness (QED) is 0.464. The first kappa shape index (κ1) is 18.7. The Bertz CT molecular complexity index is 1030. The lowest BCUT2D eigenvalue weighted by Crippen LogP contribution is -2.29. The molecule has 3 rings (SSSR count). The number of sulfonamides is 1. The Labute approximate surface area is 156 Å². The first-order valence-electron chi connectivity index (χ1n) is 8.13. The number of nitrogens with zero attached hydrogens (tertiary/aromatic N) is 2. The molecule has 0 atom stereocenters. The van der Waals surface area contributed by atoms with Gasteiger partial charge >= 0.3 is 0 Å². The number of benzene rings is 2. The monoisotopic (exact) mass is 387 g/mol. The number of anilines is 1. The smallest absolute Gasteiger partial charge is 0.271 e. The largest absolute Gasteiger partial charge is 0.307 e. The predicted octanol–water partition coefficient (Wildman–Crippen LogP) is 2.26. The van der Waals surface area contributed by atoms with Crippen LogP contribution in [-0.2, 0) is 16.4 Å². The molecule has 140 valence electrons. The molecule has 0 aromatic heterocycles. The third-order valence-corrected chi connectivity index (χ3v) is 5.65. The minimum absolute atomic E-state index is 0.0336. The summed E-state index contributed by atoms with van der Waals surface area (Å²) in [6.07, 6.45) is 2.00. The molecule has 1 heterocycles. The number of fused-ring (bicyclic) bond motifs is 1. The van der Waals surface area contributed by atoms with E-state index in [1.165, 1.54) is 47.4 Å². The van der Waals surface area contributed by atoms with Crippen LogP contribution in [0.1, 0.15) is 15.9 Å². The van der Waals surface area contributed by atoms with Gasteiger partial charge in [0.1, 0.15) is 0 Å². The van der Waals surface area contributed by atoms with Crippen molar-refractivity contribution in [3.05, 3.63) is 76.4 Å². The van der Waals surface area contributed by atoms with E-state index in [1.54, 1.807) is 6.07 Å². The van der Waals surface area contributed by atoms with E-state index in [-0.39, 0.29) is 22.7 Å². The summed E-state index contributed by atoms with van der Waals surface area (Å²) in [5.74, 6) is -0.407. The Morgan fingerprint density at radius 2 is 2.07 bits per heavy atom. The van der Waals surface area contributed by atoms with Gasteiger partial charge in [-0.15, -0.1) is 6.58 Å². The summed E-state index contributed by atoms with van der Waals surface area (Å²) in [6.45, 7) is 3.91. The van der Waals surface area contributed by atoms with E-state index in [0.29, 0.717) is 18.7 Å². The first-order chi connectivity index (χ1) is 12.8. The number of rotatable bonds is 6. The zero-order valence-corrected chi connectivity index (χ0v) is 15.1. The molecule has 2 aromatic carbocycles. The van der Waals surface area contributed by atoms with Gasteiger partial charge in [0, 0.05) is 30.8 Å². The van der Waals surface area contributed by atoms with Gasteiger partial charge in [0.05, 0.1) is 15.5 Å². The zero-order chi connectivity index (χ0) is 19.6. The molecule has 0 spiro atoms. The zero-order valence-electron chi connectivity index (χ0n) is 14.3. The Morgan fingerprint density at radius 3 is 2.78 bits per heavy atom. The normalized spacial score (nSPS) is 13.3. The van der Waals surface area contributed by atoms with E-state index in [4.69, 9.17) is 0 Å². The average Bonchev–Trinajstić information content (AvgIpc) is 3.09. The minimum Gasteiger partial charge on any atom is -0.307 e. The van der Waals surface area contributed by atoms with Gasteiger partial charge in [0.15, 0.2) is 0 Å². The second-order valence-corrected chi connectivity index (χ2v) is 7.71. The maximum absolute atomic E-state index is 12.9. The molecule has 1 aliphatic heterocycles. The molecule has 1 N–H and O–H groups in total. The van der Waals surface area contributed by atoms with Crippen LogP contribution in [0.4, 0.5) is 11.4 Å². The second-order valence-electron chi connectivity index (χ2n) is 5.95. The molecule has 1 amide bonds. The van der Waals surface area contributed by atoms with Gasteiger partial charge in [-0.05, 0) is 30.2 Å². The van der Waals surface area contributed by atoms with Crippen molar-refractivity contribution < 1.29 is 18.1 Å². The average molecular weight is 387 g/mol. The van der Waals surface area contributed by atoms with E-state index in [9.17, 15) is 23.3 Å². The van der Waals surface area contributed by atoms with Gasteiger partial charge in [0.25, 0.3) is 11.6 Å². The lowest BCUT2D eigenvalue weighted by atomic mass is 10.1. The third kappa shape index (κ3) is 3.74. The molecule has 1 aliphatic rings. The Balaban J connectivity index is 1.93. The van der Waals surface area contributed by atoms with Crippen LogP contribution in [0.2, 0.25) is 0 Å². The summed E-state index contributed by atoms with van der Waals surface area (Å²) in [5, 5.41) is 11.0. The number of amides is 1. The molecule has 0 saturated heterocycles. The Hall–Kier alpha value is -3.04. The summed E-state index contributed by atoms with van der Waals surface area (Å²) >= 11 is 0. The highest BCUT2D eigenvalue weighted by atomic mass is 32.2. The van der Waals surface area contributed by atoms with Gasteiger partial charge in [0.2, 0.25) is 10.0 Å². The highest BCUT2D eigenvalue weighted by molar-refractivity contribution is 7.89. The molecule has 2 aromatic rings. The molecule has 0 unspecified atom stereocenters. The van der Waals surface area contributed by atoms with Crippen LogP contribution >= 0.6 is 0 Å². The van der Waals surface area contributed by atoms with E-state index < -0.39 is 20.9 Å². The number of nitrogens with one attached hydrogen (secondary N) is 1. The van der Waals surface area contributed by atoms with Crippen LogP contribution in [0.25, 0.3) is 0 Å². The van der Waals surface area contributed by atoms with Crippen molar-refractivity contribution in [3.63, 3.8) is 0 Å². The maximum atomic E-state index is 12.9. The highest BCUT2D eigenvalue weighted by Gasteiger charge is 2.28. The molecule has 0 saturated carbocycles. The van der Waals surface area contributed by atoms with E-state index in [1.807, 2.05) is 0 Å². The predicted molar refractivity (Wildman–Crippen MR) is 100 cm³/mol. The number of hydrogen-bond acceptors (Lipinski definition) is 5. The second kappa shape index (κ2) is 7.29. The van der Waals surface area contributed by atoms with Crippen molar-refractivity contribution in [2.24, 2.45) is 0 Å². The Kier molecular flexibility index (Phi) is 5.06. The number of hydrogen-bond donors (Lipinski definition) is 1. The molecule has 9 heteroatoms. The summed E-state index contributed by atoms with van der Waals surface area (Å²) < 4.78 is 26.8. The maximum Gasteiger partial charge on any atom is 0.271 e. The lowest BCUT2D eigenvalue weighted by Gasteiger charge is -2.17. The van der Waals surface area contributed by atoms with Crippen molar-refractivity contribution in [3.8, 4) is 0 Å². The SMILES string of the molecule is C=CCNS(=O)(=O)c1cccc(C(=O)N2CCc3ccc([N+](=O)[O-])cc32)c1. The van der Waals surface area contributed by atoms with Crippen LogP contribution in [0.15, 0.2) is 60.0 Å². The van der Waals surface area contributed by atoms with Gasteiger partial charge in [-0.3, -0.25) is 14.9 Å². The fraction of sp³-hybridized carbons (Fsp3) is 0.167. The molecule has 8 nitrogen and oxygen atoms in total. The van der Waals surface area contributed by atoms with E-state index >= 15 is 0 Å². The van der Waals surface area contributed by atoms with Gasteiger partial charge in [-0.25, -0.2) is 13.1 Å². The molecule has 0 radical (unpaired) electrons. The van der Waals surface area contributed by atoms with Crippen molar-refractivity contribution >= 4 is 27.3 Å². The topological polar surface area (TPSA) is 110 Å². The number of non-ortho nitro benzene ring substituents is 1. The van der Waals surface area contributed by atoms with Crippen LogP contribution in [0.5, 0.6) is 0 Å². The van der Waals surface area contributed by atoms with Gasteiger partial charge < -0.3 is 4.90 Å². The fourth-order valence-corrected chi connectivity index (χ4v) is 3.94. The molecule has 0 bridgehead atoms. The minimum atomic E-state index is -3.76. The molecular formula is C18H17N3O5S. The molecule has 0 fully saturated rings. The van der Waals surface area contributed by atoms with Crippen LogP contribution in [0, 0.1) is 10.1 Å². The van der Waals surface area contributed by atoms with Crippen molar-refractivity contribution in [2.45, 2.75) is 11.3 Å². The van der Waals surface area contributed by atoms with Crippen LogP contribution < -0.4 is 9.62 Å². The van der Waals surface area contributed by atoms with Crippen molar-refractivity contribution in [2.75, 3.05) is 18.0 Å². The number of nitro benzene ring substituents is 1. The third-order valence-electron chi connectivity index (χ3n) is 4.23. The Morgan fingerprint density at radius 1 is 1.30 bits per heavy atom. The number of carbonyl (C=O) groups is 1. The van der Waals surface area contributed by atoms with E-state index in [0.717, 1.165) is 5.56 Å². The van der Waals surface area contributed by atoms with Crippen molar-refractivity contribution in [1.82, 2.24) is 4.72 Å². The summed E-state index contributed by atoms with van der Waals surface area (Å²) in [6, 6.07) is 10.1. The molecule has 27 heavy (non-hydrogen) atoms. The van der Waals surface area contributed by atoms with Gasteiger partial charge in [-0.1, -0.05) is 18.2 Å². The number of nitro groups is 1. The summed E-state index contributed by atoms with van der Waals surface area (Å²) in [5.41, 5.74) is 1.41. The fourth-order valence-electron chi connectivity index (χ4n) is 2.90. The van der Waals surface area contributed by atoms with Crippen LogP contribution in [0.3, 0.4) is 0 Å². The molecular weight excluding hydrogens is 370 g/mol. The molecule has 0 aliphatic carbocycles. The summed E-state index contributed by atoms with van der Waals surface area (Å²) in [4.78, 5) is 24.8. The first-order valence-corrected chi connectivity index (χ1v) is 9.61. The van der Waals surface area contributed by atoms with Gasteiger partial charge in [-0.2, -0.15) is 0 Å². The van der Waals surface area contributed by atoms with Crippen molar-refractivity contribution in [1.29, 1.82) is 0 Å². The van der Waals surface area contributed by atoms with Crippen LogP contribution in [-0.4, -0.2) is 32.3 Å². The highest BCUT2D eigenvalue weighted by Crippen LogP contribution is 2.32. The summed E-state index contributed by atoms with van der Waals surface area (Å²) in [7, 11) is -3.76. The number of carbonyl (C=O) groups excluding carboxylic acids is 1.